The normalized spacial score (nSPS) is 11.6. The van der Waals surface area contributed by atoms with Crippen LogP contribution in [-0.2, 0) is 0 Å². The standard InChI is InChI=1S/C8H9F4N3O/c9-6-3-13-7(14-4-6)15(1-2-16)5-8(10,11)12/h3-4,16H,1-2,5H2. The molecule has 1 heterocycles. The maximum absolute atomic E-state index is 12.5. The largest absolute Gasteiger partial charge is 0.406 e. The Balaban J connectivity index is 2.80. The number of alkyl halides is 3. The van der Waals surface area contributed by atoms with Gasteiger partial charge >= 0.3 is 6.18 Å². The lowest BCUT2D eigenvalue weighted by Crippen LogP contribution is -2.37. The van der Waals surface area contributed by atoms with Gasteiger partial charge in [-0.15, -0.1) is 0 Å². The SMILES string of the molecule is OCCN(CC(F)(F)F)c1ncc(F)cn1. The molecule has 0 saturated carbocycles. The lowest BCUT2D eigenvalue weighted by molar-refractivity contribution is -0.120. The first-order valence-electron chi connectivity index (χ1n) is 4.32. The fourth-order valence-corrected chi connectivity index (χ4v) is 1.06. The van der Waals surface area contributed by atoms with Gasteiger partial charge in [-0.25, -0.2) is 14.4 Å². The highest BCUT2D eigenvalue weighted by molar-refractivity contribution is 5.28. The van der Waals surface area contributed by atoms with Gasteiger partial charge in [0, 0.05) is 6.54 Å². The van der Waals surface area contributed by atoms with Crippen LogP contribution in [-0.4, -0.2) is 40.9 Å². The van der Waals surface area contributed by atoms with E-state index in [0.29, 0.717) is 0 Å². The van der Waals surface area contributed by atoms with Crippen LogP contribution in [0.15, 0.2) is 12.4 Å². The van der Waals surface area contributed by atoms with Crippen LogP contribution in [0.2, 0.25) is 0 Å². The van der Waals surface area contributed by atoms with E-state index in [2.05, 4.69) is 9.97 Å². The van der Waals surface area contributed by atoms with Crippen molar-refractivity contribution >= 4 is 5.95 Å². The van der Waals surface area contributed by atoms with Gasteiger partial charge in [0.25, 0.3) is 0 Å². The van der Waals surface area contributed by atoms with Crippen molar-refractivity contribution in [1.82, 2.24) is 9.97 Å². The molecule has 0 atom stereocenters. The molecule has 1 aromatic rings. The van der Waals surface area contributed by atoms with Gasteiger partial charge in [0.1, 0.15) is 6.54 Å². The van der Waals surface area contributed by atoms with Crippen molar-refractivity contribution in [2.75, 3.05) is 24.6 Å². The molecule has 4 nitrogen and oxygen atoms in total. The van der Waals surface area contributed by atoms with Gasteiger partial charge in [0.15, 0.2) is 5.82 Å². The zero-order valence-electron chi connectivity index (χ0n) is 8.08. The third-order valence-corrected chi connectivity index (χ3v) is 1.63. The lowest BCUT2D eigenvalue weighted by atomic mass is 10.5. The van der Waals surface area contributed by atoms with Crippen molar-refractivity contribution in [3.05, 3.63) is 18.2 Å². The first-order valence-corrected chi connectivity index (χ1v) is 4.32. The van der Waals surface area contributed by atoms with Crippen molar-refractivity contribution in [2.24, 2.45) is 0 Å². The summed E-state index contributed by atoms with van der Waals surface area (Å²) in [5.41, 5.74) is 0. The summed E-state index contributed by atoms with van der Waals surface area (Å²) in [6.45, 7) is -2.04. The summed E-state index contributed by atoms with van der Waals surface area (Å²) >= 11 is 0. The second-order valence-corrected chi connectivity index (χ2v) is 2.96. The Kier molecular flexibility index (Phi) is 3.99. The second-order valence-electron chi connectivity index (χ2n) is 2.96. The quantitative estimate of drug-likeness (QED) is 0.795. The topological polar surface area (TPSA) is 49.2 Å². The fourth-order valence-electron chi connectivity index (χ4n) is 1.06. The van der Waals surface area contributed by atoms with Gasteiger partial charge in [0.2, 0.25) is 5.95 Å². The van der Waals surface area contributed by atoms with Crippen LogP contribution in [0.25, 0.3) is 0 Å². The average Bonchev–Trinajstić information content (AvgIpc) is 2.16. The molecule has 0 radical (unpaired) electrons. The van der Waals surface area contributed by atoms with E-state index in [0.717, 1.165) is 17.3 Å². The molecule has 16 heavy (non-hydrogen) atoms. The van der Waals surface area contributed by atoms with Crippen LogP contribution in [0.5, 0.6) is 0 Å². The van der Waals surface area contributed by atoms with Gasteiger partial charge < -0.3 is 10.0 Å². The highest BCUT2D eigenvalue weighted by Gasteiger charge is 2.31. The molecule has 0 aromatic carbocycles. The molecule has 8 heteroatoms. The van der Waals surface area contributed by atoms with E-state index in [-0.39, 0.29) is 12.5 Å². The molecule has 0 aliphatic carbocycles. The second kappa shape index (κ2) is 5.06. The van der Waals surface area contributed by atoms with E-state index in [1.807, 2.05) is 0 Å². The summed E-state index contributed by atoms with van der Waals surface area (Å²) in [5.74, 6) is -1.01. The Morgan fingerprint density at radius 2 is 1.81 bits per heavy atom. The molecule has 1 aromatic heterocycles. The molecule has 0 unspecified atom stereocenters. The fraction of sp³-hybridized carbons (Fsp3) is 0.500. The monoisotopic (exact) mass is 239 g/mol. The molecule has 1 rings (SSSR count). The van der Waals surface area contributed by atoms with E-state index >= 15 is 0 Å². The molecule has 0 aliphatic heterocycles. The van der Waals surface area contributed by atoms with Gasteiger partial charge in [-0.05, 0) is 0 Å². The molecule has 0 bridgehead atoms. The number of aliphatic hydroxyl groups is 1. The molecule has 90 valence electrons. The van der Waals surface area contributed by atoms with Crippen LogP contribution in [0.4, 0.5) is 23.5 Å². The van der Waals surface area contributed by atoms with Crippen molar-refractivity contribution < 1.29 is 22.7 Å². The number of aromatic nitrogens is 2. The molecule has 0 fully saturated rings. The van der Waals surface area contributed by atoms with Crippen molar-refractivity contribution in [1.29, 1.82) is 0 Å². The smallest absolute Gasteiger partial charge is 0.395 e. The Morgan fingerprint density at radius 1 is 1.25 bits per heavy atom. The predicted molar refractivity (Wildman–Crippen MR) is 47.3 cm³/mol. The average molecular weight is 239 g/mol. The highest BCUT2D eigenvalue weighted by atomic mass is 19.4. The van der Waals surface area contributed by atoms with E-state index in [1.165, 1.54) is 0 Å². The van der Waals surface area contributed by atoms with E-state index in [1.54, 1.807) is 0 Å². The number of hydrogen-bond donors (Lipinski definition) is 1. The minimum Gasteiger partial charge on any atom is -0.395 e. The van der Waals surface area contributed by atoms with Crippen molar-refractivity contribution in [3.63, 3.8) is 0 Å². The number of nitrogens with zero attached hydrogens (tertiary/aromatic N) is 3. The first kappa shape index (κ1) is 12.6. The maximum Gasteiger partial charge on any atom is 0.406 e. The number of hydrogen-bond acceptors (Lipinski definition) is 4. The summed E-state index contributed by atoms with van der Waals surface area (Å²) < 4.78 is 48.9. The molecular weight excluding hydrogens is 230 g/mol. The number of halogens is 4. The molecule has 0 amide bonds. The number of anilines is 1. The lowest BCUT2D eigenvalue weighted by Gasteiger charge is -2.22. The molecular formula is C8H9F4N3O. The minimum atomic E-state index is -4.44. The first-order chi connectivity index (χ1) is 7.42. The minimum absolute atomic E-state index is 0.271. The molecule has 0 aliphatic rings. The Hall–Kier alpha value is -1.44. The Bertz CT molecular complexity index is 327. The van der Waals surface area contributed by atoms with Crippen LogP contribution >= 0.6 is 0 Å². The summed E-state index contributed by atoms with van der Waals surface area (Å²) in [7, 11) is 0. The maximum atomic E-state index is 12.5. The van der Waals surface area contributed by atoms with Gasteiger partial charge in [-0.3, -0.25) is 0 Å². The number of aliphatic hydroxyl groups excluding tert-OH is 1. The van der Waals surface area contributed by atoms with Crippen LogP contribution < -0.4 is 4.90 Å². The zero-order valence-corrected chi connectivity index (χ0v) is 8.08. The van der Waals surface area contributed by atoms with E-state index < -0.39 is 25.1 Å². The van der Waals surface area contributed by atoms with Gasteiger partial charge in [-0.2, -0.15) is 13.2 Å². The van der Waals surface area contributed by atoms with Crippen LogP contribution in [0, 0.1) is 5.82 Å². The van der Waals surface area contributed by atoms with Gasteiger partial charge in [0.05, 0.1) is 19.0 Å². The zero-order chi connectivity index (χ0) is 12.2. The van der Waals surface area contributed by atoms with Crippen LogP contribution in [0.1, 0.15) is 0 Å². The molecule has 0 saturated heterocycles. The molecule has 0 spiro atoms. The van der Waals surface area contributed by atoms with Crippen molar-refractivity contribution in [2.45, 2.75) is 6.18 Å². The van der Waals surface area contributed by atoms with Crippen molar-refractivity contribution in [3.8, 4) is 0 Å². The summed E-state index contributed by atoms with van der Waals surface area (Å²) in [6, 6.07) is 0. The number of rotatable bonds is 4. The Labute approximate surface area is 88.5 Å². The highest BCUT2D eigenvalue weighted by Crippen LogP contribution is 2.18. The third-order valence-electron chi connectivity index (χ3n) is 1.63. The summed E-state index contributed by atoms with van der Waals surface area (Å²) in [4.78, 5) is 7.54. The summed E-state index contributed by atoms with van der Waals surface area (Å²) in [6.07, 6.45) is -2.90. The summed E-state index contributed by atoms with van der Waals surface area (Å²) in [5, 5.41) is 8.61. The van der Waals surface area contributed by atoms with Gasteiger partial charge in [-0.1, -0.05) is 0 Å². The molecule has 1 N–H and O–H groups in total. The van der Waals surface area contributed by atoms with Crippen LogP contribution in [0.3, 0.4) is 0 Å². The third kappa shape index (κ3) is 3.97. The van der Waals surface area contributed by atoms with E-state index in [4.69, 9.17) is 5.11 Å². The Morgan fingerprint density at radius 3 is 2.25 bits per heavy atom. The predicted octanol–water partition coefficient (Wildman–Crippen LogP) is 0.977. The van der Waals surface area contributed by atoms with E-state index in [9.17, 15) is 17.6 Å².